The number of likely N-dealkylation sites (tertiary alicyclic amines) is 1. The van der Waals surface area contributed by atoms with Gasteiger partial charge in [0.15, 0.2) is 0 Å². The molecule has 0 spiro atoms. The van der Waals surface area contributed by atoms with E-state index in [9.17, 15) is 28.8 Å². The number of benzene rings is 1. The van der Waals surface area contributed by atoms with Crippen molar-refractivity contribution in [2.75, 3.05) is 6.54 Å². The lowest BCUT2D eigenvalue weighted by Gasteiger charge is -2.38. The minimum atomic E-state index is -1.07. The third kappa shape index (κ3) is 9.60. The third-order valence-electron chi connectivity index (χ3n) is 10.1. The van der Waals surface area contributed by atoms with Crippen LogP contribution in [0.25, 0.3) is 0 Å². The summed E-state index contributed by atoms with van der Waals surface area (Å²) in [6, 6.07) is 4.83. The molecule has 2 aromatic rings. The molecule has 1 aliphatic carbocycles. The highest BCUT2D eigenvalue weighted by Gasteiger charge is 2.52. The molecule has 1 saturated carbocycles. The van der Waals surface area contributed by atoms with E-state index in [2.05, 4.69) is 31.2 Å². The number of rotatable bonds is 13. The van der Waals surface area contributed by atoms with Crippen LogP contribution >= 0.6 is 0 Å². The molecule has 5 amide bonds. The molecule has 52 heavy (non-hydrogen) atoms. The zero-order valence-corrected chi connectivity index (χ0v) is 31.7. The van der Waals surface area contributed by atoms with Crippen molar-refractivity contribution in [2.45, 2.75) is 118 Å². The molecule has 1 saturated heterocycles. The number of fused-ring (bicyclic) bond motifs is 1. The standard InChI is InChI=1S/C39H55N7O6/c1-9-14-27(30(47)35(50)42-23(2)24-15-11-10-12-16-24)43-34(49)29-26-18-13-17-25(26)22-46(29)37(52)32(39(6,7)8)45-36(51)31(38(3,4)5)44-33(48)28-21-40-19-20-41-28/h10-12,15-16,19-21,23,25-27,29,31-32H,9,13-14,17-18,22H2,1-8H3,(H,42,50)(H,43,49)(H,44,48)(H,45,51)/t23-,25+,26+,27-,29+,31+,32+/m1/s1. The average Bonchev–Trinajstić information content (AvgIpc) is 3.70. The van der Waals surface area contributed by atoms with Gasteiger partial charge < -0.3 is 26.2 Å². The van der Waals surface area contributed by atoms with E-state index in [1.807, 2.05) is 58.0 Å². The van der Waals surface area contributed by atoms with Crippen LogP contribution in [0.4, 0.5) is 0 Å². The number of Topliss-reactive ketones (excluding diaryl/α,β-unsaturated/α-hetero) is 1. The Hall–Kier alpha value is -4.68. The van der Waals surface area contributed by atoms with E-state index in [1.54, 1.807) is 32.6 Å². The van der Waals surface area contributed by atoms with Crippen LogP contribution in [0.3, 0.4) is 0 Å². The van der Waals surface area contributed by atoms with Gasteiger partial charge in [-0.2, -0.15) is 0 Å². The number of nitrogens with zero attached hydrogens (tertiary/aromatic N) is 3. The van der Waals surface area contributed by atoms with Crippen molar-refractivity contribution in [3.63, 3.8) is 0 Å². The Balaban J connectivity index is 1.54. The zero-order valence-electron chi connectivity index (χ0n) is 31.7. The van der Waals surface area contributed by atoms with Crippen LogP contribution < -0.4 is 21.3 Å². The molecule has 0 radical (unpaired) electrons. The number of hydrogen-bond acceptors (Lipinski definition) is 8. The van der Waals surface area contributed by atoms with Crippen LogP contribution in [0, 0.1) is 22.7 Å². The molecule has 1 aromatic carbocycles. The first-order chi connectivity index (χ1) is 24.4. The summed E-state index contributed by atoms with van der Waals surface area (Å²) in [5.74, 6) is -3.61. The van der Waals surface area contributed by atoms with Crippen molar-refractivity contribution in [2.24, 2.45) is 22.7 Å². The summed E-state index contributed by atoms with van der Waals surface area (Å²) in [6.45, 7) is 14.9. The fourth-order valence-electron chi connectivity index (χ4n) is 7.27. The second-order valence-electron chi connectivity index (χ2n) is 16.3. The molecule has 13 nitrogen and oxygen atoms in total. The lowest BCUT2D eigenvalue weighted by atomic mass is 9.82. The maximum Gasteiger partial charge on any atom is 0.290 e. The summed E-state index contributed by atoms with van der Waals surface area (Å²) < 4.78 is 0. The molecular formula is C39H55N7O6. The fourth-order valence-corrected chi connectivity index (χ4v) is 7.27. The van der Waals surface area contributed by atoms with Gasteiger partial charge in [0.25, 0.3) is 11.8 Å². The van der Waals surface area contributed by atoms with Crippen LogP contribution in [0.1, 0.15) is 110 Å². The molecule has 2 heterocycles. The summed E-state index contributed by atoms with van der Waals surface area (Å²) >= 11 is 0. The smallest absolute Gasteiger partial charge is 0.290 e. The SMILES string of the molecule is CCC[C@@H](NC(=O)[C@@H]1[C@H]2CCC[C@H]2CN1C(=O)[C@H](NC(=O)[C@H](NC(=O)c1cnccn1)C(C)(C)C)C(C)(C)C)C(=O)C(=O)N[C@H](C)c1ccccc1. The van der Waals surface area contributed by atoms with Crippen LogP contribution in [-0.4, -0.2) is 80.9 Å². The summed E-state index contributed by atoms with van der Waals surface area (Å²) in [4.78, 5) is 92.0. The van der Waals surface area contributed by atoms with Crippen molar-refractivity contribution < 1.29 is 28.8 Å². The summed E-state index contributed by atoms with van der Waals surface area (Å²) in [5, 5.41) is 11.3. The number of carbonyl (C=O) groups excluding carboxylic acids is 6. The largest absolute Gasteiger partial charge is 0.344 e. The number of carbonyl (C=O) groups is 6. The molecule has 4 N–H and O–H groups in total. The molecule has 0 unspecified atom stereocenters. The minimum Gasteiger partial charge on any atom is -0.344 e. The van der Waals surface area contributed by atoms with E-state index in [0.717, 1.165) is 24.8 Å². The Kier molecular flexibility index (Phi) is 12.9. The predicted molar refractivity (Wildman–Crippen MR) is 195 cm³/mol. The first-order valence-corrected chi connectivity index (χ1v) is 18.3. The maximum atomic E-state index is 14.6. The number of amides is 5. The van der Waals surface area contributed by atoms with Gasteiger partial charge in [0.2, 0.25) is 23.5 Å². The van der Waals surface area contributed by atoms with Crippen LogP contribution in [-0.2, 0) is 24.0 Å². The molecule has 2 aliphatic rings. The molecule has 7 atom stereocenters. The normalized spacial score (nSPS) is 20.8. The minimum absolute atomic E-state index is 0.0495. The third-order valence-corrected chi connectivity index (χ3v) is 10.1. The summed E-state index contributed by atoms with van der Waals surface area (Å²) in [6.07, 6.45) is 7.42. The number of ketones is 1. The van der Waals surface area contributed by atoms with Crippen molar-refractivity contribution in [1.82, 2.24) is 36.1 Å². The Labute approximate surface area is 306 Å². The topological polar surface area (TPSA) is 180 Å². The van der Waals surface area contributed by atoms with E-state index in [-0.39, 0.29) is 24.0 Å². The first kappa shape index (κ1) is 40.1. The van der Waals surface area contributed by atoms with Gasteiger partial charge in [-0.15, -0.1) is 0 Å². The number of nitrogens with one attached hydrogen (secondary N) is 4. The molecule has 4 rings (SSSR count). The van der Waals surface area contributed by atoms with Gasteiger partial charge in [0, 0.05) is 18.9 Å². The van der Waals surface area contributed by atoms with Crippen molar-refractivity contribution in [3.8, 4) is 0 Å². The van der Waals surface area contributed by atoms with Crippen molar-refractivity contribution in [3.05, 3.63) is 60.2 Å². The highest BCUT2D eigenvalue weighted by molar-refractivity contribution is 6.38. The van der Waals surface area contributed by atoms with E-state index >= 15 is 0 Å². The highest BCUT2D eigenvalue weighted by atomic mass is 16.2. The van der Waals surface area contributed by atoms with Gasteiger partial charge in [-0.25, -0.2) is 4.98 Å². The van der Waals surface area contributed by atoms with Gasteiger partial charge >= 0.3 is 0 Å². The molecule has 2 fully saturated rings. The Morgan fingerprint density at radius 3 is 2.13 bits per heavy atom. The number of hydrogen-bond donors (Lipinski definition) is 4. The van der Waals surface area contributed by atoms with E-state index in [1.165, 1.54) is 18.6 Å². The Morgan fingerprint density at radius 1 is 0.865 bits per heavy atom. The second-order valence-corrected chi connectivity index (χ2v) is 16.3. The average molecular weight is 718 g/mol. The Morgan fingerprint density at radius 2 is 1.54 bits per heavy atom. The van der Waals surface area contributed by atoms with Crippen molar-refractivity contribution in [1.29, 1.82) is 0 Å². The molecule has 1 aromatic heterocycles. The zero-order chi connectivity index (χ0) is 38.4. The summed E-state index contributed by atoms with van der Waals surface area (Å²) in [7, 11) is 0. The second kappa shape index (κ2) is 16.8. The Bertz CT molecular complexity index is 1600. The molecule has 282 valence electrons. The van der Waals surface area contributed by atoms with Gasteiger partial charge in [-0.05, 0) is 54.4 Å². The summed E-state index contributed by atoms with van der Waals surface area (Å²) in [5.41, 5.74) is -0.633. The molecular weight excluding hydrogens is 662 g/mol. The maximum absolute atomic E-state index is 14.6. The lowest BCUT2D eigenvalue weighted by Crippen LogP contribution is -2.63. The van der Waals surface area contributed by atoms with E-state index in [0.29, 0.717) is 13.0 Å². The van der Waals surface area contributed by atoms with Crippen LogP contribution in [0.5, 0.6) is 0 Å². The molecule has 13 heteroatoms. The van der Waals surface area contributed by atoms with Crippen LogP contribution in [0.15, 0.2) is 48.9 Å². The van der Waals surface area contributed by atoms with E-state index in [4.69, 9.17) is 0 Å². The van der Waals surface area contributed by atoms with Crippen LogP contribution in [0.2, 0.25) is 0 Å². The van der Waals surface area contributed by atoms with Gasteiger partial charge in [0.05, 0.1) is 18.3 Å². The van der Waals surface area contributed by atoms with Gasteiger partial charge in [-0.1, -0.05) is 91.6 Å². The van der Waals surface area contributed by atoms with E-state index < -0.39 is 76.4 Å². The number of aromatic nitrogens is 2. The van der Waals surface area contributed by atoms with Crippen molar-refractivity contribution >= 4 is 35.3 Å². The molecule has 0 bridgehead atoms. The first-order valence-electron chi connectivity index (χ1n) is 18.3. The lowest BCUT2D eigenvalue weighted by molar-refractivity contribution is -0.146. The van der Waals surface area contributed by atoms with Gasteiger partial charge in [0.1, 0.15) is 23.8 Å². The monoisotopic (exact) mass is 717 g/mol. The quantitative estimate of drug-likeness (QED) is 0.227. The van der Waals surface area contributed by atoms with Gasteiger partial charge in [-0.3, -0.25) is 33.8 Å². The predicted octanol–water partition coefficient (Wildman–Crippen LogP) is 3.51. The fraction of sp³-hybridized carbons (Fsp3) is 0.590. The molecule has 1 aliphatic heterocycles. The highest BCUT2D eigenvalue weighted by Crippen LogP contribution is 2.43.